The van der Waals surface area contributed by atoms with E-state index in [2.05, 4.69) is 114 Å². The number of fused-ring (bicyclic) bond motifs is 2. The van der Waals surface area contributed by atoms with E-state index in [4.69, 9.17) is 0 Å². The molecule has 28 heavy (non-hydrogen) atoms. The van der Waals surface area contributed by atoms with E-state index in [1.54, 1.807) is 24.2 Å². The molecule has 0 aromatic heterocycles. The Kier molecular flexibility index (Phi) is 8.77. The molecule has 0 fully saturated rings. The van der Waals surface area contributed by atoms with Gasteiger partial charge in [-0.25, -0.2) is 0 Å². The summed E-state index contributed by atoms with van der Waals surface area (Å²) in [5, 5.41) is 5.54. The van der Waals surface area contributed by atoms with Crippen molar-refractivity contribution in [1.82, 2.24) is 0 Å². The standard InChI is InChI=1S/2C12H13.C3H6.Zr/c2*1-9(2)11-8-7-10-5-3-4-6-12(10)11;1-3-2;/h2*3-9H,1-2H3;1-2H3;/q2*-1;;+2. The van der Waals surface area contributed by atoms with Crippen LogP contribution in [0.5, 0.6) is 0 Å². The van der Waals surface area contributed by atoms with Crippen molar-refractivity contribution in [2.24, 2.45) is 0 Å². The summed E-state index contributed by atoms with van der Waals surface area (Å²) in [4.78, 5) is 0. The Morgan fingerprint density at radius 3 is 1.32 bits per heavy atom. The molecule has 0 aliphatic heterocycles. The summed E-state index contributed by atoms with van der Waals surface area (Å²) in [5.41, 5.74) is 2.93. The summed E-state index contributed by atoms with van der Waals surface area (Å²) in [6, 6.07) is 26.0. The van der Waals surface area contributed by atoms with Crippen LogP contribution in [-0.2, 0) is 24.2 Å². The third-order valence-electron chi connectivity index (χ3n) is 4.67. The summed E-state index contributed by atoms with van der Waals surface area (Å²) in [6.45, 7) is 13.2. The van der Waals surface area contributed by atoms with Gasteiger partial charge in [0.1, 0.15) is 0 Å². The van der Waals surface area contributed by atoms with Crippen molar-refractivity contribution in [3.8, 4) is 0 Å². The van der Waals surface area contributed by atoms with Crippen molar-refractivity contribution in [1.29, 1.82) is 0 Å². The van der Waals surface area contributed by atoms with E-state index in [0.29, 0.717) is 11.8 Å². The molecular weight excluding hydrogens is 416 g/mol. The van der Waals surface area contributed by atoms with Gasteiger partial charge in [0, 0.05) is 0 Å². The van der Waals surface area contributed by atoms with Crippen molar-refractivity contribution >= 4 is 24.8 Å². The Bertz CT molecular complexity index is 929. The topological polar surface area (TPSA) is 0 Å². The van der Waals surface area contributed by atoms with Crippen LogP contribution < -0.4 is 0 Å². The van der Waals surface area contributed by atoms with Crippen LogP contribution in [0.4, 0.5) is 0 Å². The van der Waals surface area contributed by atoms with Crippen molar-refractivity contribution in [3.05, 3.63) is 83.9 Å². The van der Waals surface area contributed by atoms with E-state index in [1.807, 2.05) is 0 Å². The minimum absolute atomic E-state index is 0.630. The van der Waals surface area contributed by atoms with E-state index in [-0.39, 0.29) is 0 Å². The molecule has 0 spiro atoms. The summed E-state index contributed by atoms with van der Waals surface area (Å²) < 4.78 is 1.51. The van der Waals surface area contributed by atoms with Gasteiger partial charge in [-0.2, -0.15) is 11.1 Å². The molecule has 144 valence electrons. The molecule has 0 N–H and O–H groups in total. The van der Waals surface area contributed by atoms with Crippen molar-refractivity contribution < 1.29 is 24.2 Å². The van der Waals surface area contributed by atoms with Crippen LogP contribution >= 0.6 is 0 Å². The quantitative estimate of drug-likeness (QED) is 0.272. The number of benzene rings is 2. The fourth-order valence-corrected chi connectivity index (χ4v) is 3.36. The van der Waals surface area contributed by atoms with Crippen molar-refractivity contribution in [3.63, 3.8) is 0 Å². The molecule has 0 atom stereocenters. The van der Waals surface area contributed by atoms with E-state index in [1.165, 1.54) is 35.9 Å². The molecule has 0 radical (unpaired) electrons. The van der Waals surface area contributed by atoms with Gasteiger partial charge in [0.2, 0.25) is 0 Å². The van der Waals surface area contributed by atoms with Gasteiger partial charge in [0.15, 0.2) is 0 Å². The molecule has 0 amide bonds. The minimum atomic E-state index is 0.630. The first kappa shape index (κ1) is 22.7. The van der Waals surface area contributed by atoms with Crippen LogP contribution in [-0.4, -0.2) is 3.21 Å². The van der Waals surface area contributed by atoms with Crippen LogP contribution in [0.2, 0.25) is 0 Å². The zero-order chi connectivity index (χ0) is 20.7. The fraction of sp³-hybridized carbons (Fsp3) is 0.296. The predicted molar refractivity (Wildman–Crippen MR) is 124 cm³/mol. The molecule has 0 bridgehead atoms. The van der Waals surface area contributed by atoms with Gasteiger partial charge >= 0.3 is 41.3 Å². The third kappa shape index (κ3) is 6.21. The molecular formula is C27H32Zr. The second-order valence-corrected chi connectivity index (χ2v) is 10.5. The molecule has 0 nitrogen and oxygen atoms in total. The first-order chi connectivity index (χ1) is 13.3. The number of hydrogen-bond acceptors (Lipinski definition) is 0. The molecule has 0 unspecified atom stereocenters. The SMILES string of the molecule is CC(C)c1c[cH-]c2ccccc12.CC(C)c1c[cH-]c2ccccc12.C[C](C)=[Zr+2]. The molecule has 0 aliphatic rings. The van der Waals surface area contributed by atoms with E-state index in [9.17, 15) is 0 Å². The van der Waals surface area contributed by atoms with Gasteiger partial charge in [-0.15, -0.1) is 82.2 Å². The van der Waals surface area contributed by atoms with Crippen LogP contribution in [0.3, 0.4) is 0 Å². The molecule has 4 aromatic carbocycles. The normalized spacial score (nSPS) is 10.6. The van der Waals surface area contributed by atoms with Gasteiger partial charge in [0.25, 0.3) is 0 Å². The first-order valence-electron chi connectivity index (χ1n) is 10.1. The average Bonchev–Trinajstić information content (AvgIpc) is 3.26. The molecule has 4 rings (SSSR count). The predicted octanol–water partition coefficient (Wildman–Crippen LogP) is 8.11. The van der Waals surface area contributed by atoms with Crippen LogP contribution in [0.15, 0.2) is 72.8 Å². The Balaban J connectivity index is 0.000000169. The Labute approximate surface area is 185 Å². The van der Waals surface area contributed by atoms with Gasteiger partial charge < -0.3 is 0 Å². The number of hydrogen-bond donors (Lipinski definition) is 0. The summed E-state index contributed by atoms with van der Waals surface area (Å²) in [6.07, 6.45) is 0. The van der Waals surface area contributed by atoms with Gasteiger partial charge in [-0.1, -0.05) is 51.7 Å². The van der Waals surface area contributed by atoms with E-state index < -0.39 is 0 Å². The van der Waals surface area contributed by atoms with E-state index >= 15 is 0 Å². The molecule has 4 aromatic rings. The van der Waals surface area contributed by atoms with Gasteiger partial charge in [0.05, 0.1) is 0 Å². The second kappa shape index (κ2) is 10.8. The fourth-order valence-electron chi connectivity index (χ4n) is 3.36. The molecule has 0 aliphatic carbocycles. The average molecular weight is 448 g/mol. The Hall–Kier alpha value is -1.59. The monoisotopic (exact) mass is 446 g/mol. The molecule has 0 saturated heterocycles. The summed E-state index contributed by atoms with van der Waals surface area (Å²) in [7, 11) is 0. The van der Waals surface area contributed by atoms with Crippen LogP contribution in [0, 0.1) is 0 Å². The summed E-state index contributed by atoms with van der Waals surface area (Å²) in [5.74, 6) is 1.26. The first-order valence-corrected chi connectivity index (χ1v) is 11.3. The Morgan fingerprint density at radius 2 is 1.00 bits per heavy atom. The van der Waals surface area contributed by atoms with Gasteiger partial charge in [-0.05, 0) is 0 Å². The Morgan fingerprint density at radius 1 is 0.679 bits per heavy atom. The molecule has 0 heterocycles. The zero-order valence-corrected chi connectivity index (χ0v) is 20.5. The maximum absolute atomic E-state index is 2.24. The van der Waals surface area contributed by atoms with Crippen LogP contribution in [0.25, 0.3) is 21.5 Å². The van der Waals surface area contributed by atoms with Gasteiger partial charge in [-0.3, -0.25) is 0 Å². The van der Waals surface area contributed by atoms with E-state index in [0.717, 1.165) is 0 Å². The summed E-state index contributed by atoms with van der Waals surface area (Å²) >= 11 is 1.55. The third-order valence-corrected chi connectivity index (χ3v) is 4.67. The zero-order valence-electron chi connectivity index (χ0n) is 18.1. The molecule has 1 heteroatoms. The second-order valence-electron chi connectivity index (χ2n) is 8.06. The van der Waals surface area contributed by atoms with Crippen molar-refractivity contribution in [2.75, 3.05) is 0 Å². The molecule has 0 saturated carbocycles. The maximum atomic E-state index is 2.24. The van der Waals surface area contributed by atoms with Crippen molar-refractivity contribution in [2.45, 2.75) is 53.4 Å². The van der Waals surface area contributed by atoms with Crippen LogP contribution in [0.1, 0.15) is 64.5 Å². The number of rotatable bonds is 2.